The highest BCUT2D eigenvalue weighted by Crippen LogP contribution is 2.19. The van der Waals surface area contributed by atoms with Crippen LogP contribution in [-0.4, -0.2) is 49.7 Å². The quantitative estimate of drug-likeness (QED) is 0.744. The van der Waals surface area contributed by atoms with Gasteiger partial charge in [0.1, 0.15) is 5.82 Å². The van der Waals surface area contributed by atoms with Crippen LogP contribution >= 0.6 is 0 Å². The van der Waals surface area contributed by atoms with Gasteiger partial charge in [-0.1, -0.05) is 43.7 Å². The summed E-state index contributed by atoms with van der Waals surface area (Å²) in [7, 11) is -3.57. The average Bonchev–Trinajstić information content (AvgIpc) is 2.70. The van der Waals surface area contributed by atoms with E-state index in [0.29, 0.717) is 18.7 Å². The number of nitrogens with zero attached hydrogens (tertiary/aromatic N) is 2. The average molecular weight is 405 g/mol. The predicted octanol–water partition coefficient (Wildman–Crippen LogP) is 2.85. The first kappa shape index (κ1) is 20.5. The molecule has 0 atom stereocenters. The van der Waals surface area contributed by atoms with Gasteiger partial charge < -0.3 is 4.90 Å². The first-order chi connectivity index (χ1) is 13.4. The Balaban J connectivity index is 1.61. The highest BCUT2D eigenvalue weighted by atomic mass is 32.2. The zero-order valence-corrected chi connectivity index (χ0v) is 16.8. The van der Waals surface area contributed by atoms with E-state index in [-0.39, 0.29) is 30.3 Å². The summed E-state index contributed by atoms with van der Waals surface area (Å²) in [4.78, 5) is 14.3. The number of aryl methyl sites for hydroxylation is 1. The summed E-state index contributed by atoms with van der Waals surface area (Å²) in [5, 5.41) is 0. The van der Waals surface area contributed by atoms with Crippen LogP contribution in [0.15, 0.2) is 53.4 Å². The molecule has 1 heterocycles. The Bertz CT molecular complexity index is 921. The van der Waals surface area contributed by atoms with Gasteiger partial charge in [-0.15, -0.1) is 0 Å². The summed E-state index contributed by atoms with van der Waals surface area (Å²) in [5.74, 6) is -0.588. The topological polar surface area (TPSA) is 57.7 Å². The standard InChI is InChI=1S/C21H25FN2O3S/c1-2-5-17-8-10-19(11-9-17)28(26,27)24-14-12-23(13-15-24)21(25)16-18-6-3-4-7-20(18)22/h3-4,6-11H,2,5,12-16H2,1H3. The molecule has 1 amide bonds. The van der Waals surface area contributed by atoms with Crippen molar-refractivity contribution in [2.24, 2.45) is 0 Å². The van der Waals surface area contributed by atoms with Gasteiger partial charge in [0.25, 0.3) is 0 Å². The van der Waals surface area contributed by atoms with E-state index >= 15 is 0 Å². The Labute approximate surface area is 165 Å². The van der Waals surface area contributed by atoms with Crippen molar-refractivity contribution >= 4 is 15.9 Å². The van der Waals surface area contributed by atoms with Crippen LogP contribution in [0.3, 0.4) is 0 Å². The number of carbonyl (C=O) groups excluding carboxylic acids is 1. The minimum absolute atomic E-state index is 0.0156. The van der Waals surface area contributed by atoms with Gasteiger partial charge in [-0.05, 0) is 35.7 Å². The monoisotopic (exact) mass is 404 g/mol. The van der Waals surface area contributed by atoms with Crippen molar-refractivity contribution in [1.29, 1.82) is 0 Å². The molecule has 28 heavy (non-hydrogen) atoms. The number of piperazine rings is 1. The summed E-state index contributed by atoms with van der Waals surface area (Å²) in [6.07, 6.45) is 1.91. The lowest BCUT2D eigenvalue weighted by atomic mass is 10.1. The first-order valence-electron chi connectivity index (χ1n) is 9.52. The molecule has 3 rings (SSSR count). The maximum atomic E-state index is 13.7. The summed E-state index contributed by atoms with van der Waals surface area (Å²) in [6, 6.07) is 13.2. The van der Waals surface area contributed by atoms with Gasteiger partial charge in [0.05, 0.1) is 11.3 Å². The molecule has 0 spiro atoms. The number of sulfonamides is 1. The van der Waals surface area contributed by atoms with Crippen molar-refractivity contribution in [2.45, 2.75) is 31.1 Å². The van der Waals surface area contributed by atoms with E-state index < -0.39 is 15.8 Å². The van der Waals surface area contributed by atoms with Crippen LogP contribution < -0.4 is 0 Å². The fourth-order valence-electron chi connectivity index (χ4n) is 3.36. The summed E-state index contributed by atoms with van der Waals surface area (Å²) < 4.78 is 40.8. The number of carbonyl (C=O) groups is 1. The molecular weight excluding hydrogens is 379 g/mol. The molecule has 0 N–H and O–H groups in total. The van der Waals surface area contributed by atoms with E-state index in [1.54, 1.807) is 35.2 Å². The van der Waals surface area contributed by atoms with Crippen molar-refractivity contribution in [2.75, 3.05) is 26.2 Å². The summed E-state index contributed by atoms with van der Waals surface area (Å²) in [6.45, 7) is 3.17. The molecule has 0 saturated carbocycles. The second kappa shape index (κ2) is 8.84. The smallest absolute Gasteiger partial charge is 0.243 e. The van der Waals surface area contributed by atoms with Gasteiger partial charge in [-0.25, -0.2) is 12.8 Å². The Morgan fingerprint density at radius 2 is 1.64 bits per heavy atom. The lowest BCUT2D eigenvalue weighted by Crippen LogP contribution is -2.50. The molecule has 0 bridgehead atoms. The van der Waals surface area contributed by atoms with Gasteiger partial charge in [0.2, 0.25) is 15.9 Å². The molecule has 0 unspecified atom stereocenters. The summed E-state index contributed by atoms with van der Waals surface area (Å²) >= 11 is 0. The molecular formula is C21H25FN2O3S. The van der Waals surface area contributed by atoms with Gasteiger partial charge in [-0.3, -0.25) is 4.79 Å². The van der Waals surface area contributed by atoms with Crippen molar-refractivity contribution < 1.29 is 17.6 Å². The predicted molar refractivity (Wildman–Crippen MR) is 106 cm³/mol. The first-order valence-corrected chi connectivity index (χ1v) is 11.0. The van der Waals surface area contributed by atoms with Crippen molar-refractivity contribution in [1.82, 2.24) is 9.21 Å². The minimum Gasteiger partial charge on any atom is -0.340 e. The molecule has 5 nitrogen and oxygen atoms in total. The third-order valence-corrected chi connectivity index (χ3v) is 6.90. The molecule has 0 radical (unpaired) electrons. The molecule has 1 fully saturated rings. The van der Waals surface area contributed by atoms with Crippen LogP contribution in [0.4, 0.5) is 4.39 Å². The number of rotatable bonds is 6. The van der Waals surface area contributed by atoms with E-state index in [1.807, 2.05) is 12.1 Å². The Morgan fingerprint density at radius 1 is 1.00 bits per heavy atom. The molecule has 0 aromatic heterocycles. The Morgan fingerprint density at radius 3 is 2.25 bits per heavy atom. The van der Waals surface area contributed by atoms with Crippen LogP contribution in [0.5, 0.6) is 0 Å². The van der Waals surface area contributed by atoms with Crippen molar-refractivity contribution in [3.8, 4) is 0 Å². The van der Waals surface area contributed by atoms with Crippen molar-refractivity contribution in [3.63, 3.8) is 0 Å². The number of benzene rings is 2. The van der Waals surface area contributed by atoms with Gasteiger partial charge in [0.15, 0.2) is 0 Å². The minimum atomic E-state index is -3.57. The van der Waals surface area contributed by atoms with Gasteiger partial charge in [0, 0.05) is 26.2 Å². The maximum Gasteiger partial charge on any atom is 0.243 e. The van der Waals surface area contributed by atoms with Crippen LogP contribution in [-0.2, 0) is 27.7 Å². The highest BCUT2D eigenvalue weighted by molar-refractivity contribution is 7.89. The number of halogens is 1. The van der Waals surface area contributed by atoms with Crippen molar-refractivity contribution in [3.05, 3.63) is 65.5 Å². The molecule has 1 aliphatic rings. The largest absolute Gasteiger partial charge is 0.340 e. The number of hydrogen-bond acceptors (Lipinski definition) is 3. The van der Waals surface area contributed by atoms with E-state index in [2.05, 4.69) is 6.92 Å². The molecule has 0 aliphatic carbocycles. The number of hydrogen-bond donors (Lipinski definition) is 0. The Hall–Kier alpha value is -2.25. The molecule has 2 aromatic carbocycles. The third kappa shape index (κ3) is 4.59. The maximum absolute atomic E-state index is 13.7. The third-order valence-electron chi connectivity index (χ3n) is 4.99. The zero-order chi connectivity index (χ0) is 20.1. The second-order valence-electron chi connectivity index (χ2n) is 6.95. The highest BCUT2D eigenvalue weighted by Gasteiger charge is 2.30. The molecule has 150 valence electrons. The second-order valence-corrected chi connectivity index (χ2v) is 8.88. The summed E-state index contributed by atoms with van der Waals surface area (Å²) in [5.41, 5.74) is 1.47. The fourth-order valence-corrected chi connectivity index (χ4v) is 4.78. The molecule has 1 saturated heterocycles. The molecule has 7 heteroatoms. The SMILES string of the molecule is CCCc1ccc(S(=O)(=O)N2CCN(C(=O)Cc3ccccc3F)CC2)cc1. The van der Waals surface area contributed by atoms with Crippen LogP contribution in [0, 0.1) is 5.82 Å². The lowest BCUT2D eigenvalue weighted by Gasteiger charge is -2.34. The fraction of sp³-hybridized carbons (Fsp3) is 0.381. The van der Waals surface area contributed by atoms with Crippen LogP contribution in [0.2, 0.25) is 0 Å². The Kier molecular flexibility index (Phi) is 6.46. The van der Waals surface area contributed by atoms with Crippen LogP contribution in [0.1, 0.15) is 24.5 Å². The van der Waals surface area contributed by atoms with E-state index in [1.165, 1.54) is 10.4 Å². The van der Waals surface area contributed by atoms with E-state index in [0.717, 1.165) is 18.4 Å². The van der Waals surface area contributed by atoms with E-state index in [4.69, 9.17) is 0 Å². The molecule has 2 aromatic rings. The normalized spacial score (nSPS) is 15.6. The number of amides is 1. The van der Waals surface area contributed by atoms with Gasteiger partial charge >= 0.3 is 0 Å². The lowest BCUT2D eigenvalue weighted by molar-refractivity contribution is -0.131. The zero-order valence-electron chi connectivity index (χ0n) is 16.0. The van der Waals surface area contributed by atoms with Gasteiger partial charge in [-0.2, -0.15) is 4.31 Å². The van der Waals surface area contributed by atoms with E-state index in [9.17, 15) is 17.6 Å². The molecule has 1 aliphatic heterocycles. The van der Waals surface area contributed by atoms with Crippen LogP contribution in [0.25, 0.3) is 0 Å².